The summed E-state index contributed by atoms with van der Waals surface area (Å²) in [5.41, 5.74) is 1.49. The maximum atomic E-state index is 12.0. The first kappa shape index (κ1) is 21.7. The first-order chi connectivity index (χ1) is 12.9. The molecule has 0 saturated carbocycles. The van der Waals surface area contributed by atoms with Crippen LogP contribution in [0.1, 0.15) is 58.9 Å². The fraction of sp³-hybridized carbons (Fsp3) is 0.550. The highest BCUT2D eigenvalue weighted by Gasteiger charge is 2.17. The second-order valence-electron chi connectivity index (χ2n) is 6.98. The number of hydrogen-bond donors (Lipinski definition) is 1. The Morgan fingerprint density at radius 3 is 2.63 bits per heavy atom. The van der Waals surface area contributed by atoms with Crippen molar-refractivity contribution in [2.75, 3.05) is 17.7 Å². The van der Waals surface area contributed by atoms with Crippen LogP contribution in [0.5, 0.6) is 5.75 Å². The molecule has 0 aliphatic carbocycles. The highest BCUT2D eigenvalue weighted by Crippen LogP contribution is 2.28. The quantitative estimate of drug-likeness (QED) is 0.302. The molecule has 0 aliphatic heterocycles. The van der Waals surface area contributed by atoms with E-state index in [1.54, 1.807) is 11.8 Å². The largest absolute Gasteiger partial charge is 0.494 e. The maximum Gasteiger partial charge on any atom is 0.226 e. The summed E-state index contributed by atoms with van der Waals surface area (Å²) in [5, 5.41) is 11.4. The van der Waals surface area contributed by atoms with Crippen LogP contribution in [0.15, 0.2) is 28.6 Å². The van der Waals surface area contributed by atoms with Gasteiger partial charge in [0.25, 0.3) is 0 Å². The number of anilines is 1. The molecule has 0 radical (unpaired) electrons. The van der Waals surface area contributed by atoms with Gasteiger partial charge in [-0.25, -0.2) is 0 Å². The highest BCUT2D eigenvalue weighted by atomic mass is 32.2. The Kier molecular flexibility index (Phi) is 8.57. The lowest BCUT2D eigenvalue weighted by Gasteiger charge is -2.23. The Balaban J connectivity index is 1.69. The predicted octanol–water partition coefficient (Wildman–Crippen LogP) is 5.53. The molecule has 1 aromatic heterocycles. The zero-order valence-corrected chi connectivity index (χ0v) is 18.2. The topological polar surface area (TPSA) is 64.1 Å². The van der Waals surface area contributed by atoms with E-state index in [1.165, 1.54) is 16.9 Å². The van der Waals surface area contributed by atoms with Crippen molar-refractivity contribution in [1.29, 1.82) is 0 Å². The Morgan fingerprint density at radius 2 is 1.96 bits per heavy atom. The van der Waals surface area contributed by atoms with Gasteiger partial charge in [-0.3, -0.25) is 4.79 Å². The number of nitrogens with zero attached hydrogens (tertiary/aromatic N) is 2. The lowest BCUT2D eigenvalue weighted by Crippen LogP contribution is -2.15. The van der Waals surface area contributed by atoms with Gasteiger partial charge in [0, 0.05) is 12.2 Å². The molecule has 148 valence electrons. The van der Waals surface area contributed by atoms with Gasteiger partial charge in [-0.2, -0.15) is 0 Å². The van der Waals surface area contributed by atoms with Crippen LogP contribution in [0.4, 0.5) is 5.13 Å². The summed E-state index contributed by atoms with van der Waals surface area (Å²) in [6, 6.07) is 8.25. The number of thioether (sulfide) groups is 1. The number of aromatic nitrogens is 2. The van der Waals surface area contributed by atoms with Gasteiger partial charge < -0.3 is 10.1 Å². The van der Waals surface area contributed by atoms with Crippen LogP contribution >= 0.6 is 23.1 Å². The Bertz CT molecular complexity index is 714. The third kappa shape index (κ3) is 7.14. The van der Waals surface area contributed by atoms with Gasteiger partial charge in [-0.05, 0) is 42.4 Å². The van der Waals surface area contributed by atoms with Crippen molar-refractivity contribution < 1.29 is 9.53 Å². The van der Waals surface area contributed by atoms with Crippen molar-refractivity contribution in [3.05, 3.63) is 29.8 Å². The van der Waals surface area contributed by atoms with Gasteiger partial charge in [-0.1, -0.05) is 62.9 Å². The molecule has 7 heteroatoms. The molecule has 5 nitrogen and oxygen atoms in total. The number of rotatable bonds is 11. The standard InChI is InChI=1S/C20H29N3O2S2/c1-5-14-26-19-23-22-18(27-19)21-17(24)8-7-13-25-16-11-9-15(10-12-16)20(3,4)6-2/h9-12H,5-8,13-14H2,1-4H3,(H,21,22,24). The predicted molar refractivity (Wildman–Crippen MR) is 114 cm³/mol. The Hall–Kier alpha value is -1.60. The molecule has 0 bridgehead atoms. The zero-order chi connectivity index (χ0) is 19.7. The fourth-order valence-electron chi connectivity index (χ4n) is 2.32. The lowest BCUT2D eigenvalue weighted by molar-refractivity contribution is -0.116. The molecular formula is C20H29N3O2S2. The fourth-order valence-corrected chi connectivity index (χ4v) is 4.01. The van der Waals surface area contributed by atoms with E-state index in [9.17, 15) is 4.79 Å². The molecule has 1 amide bonds. The molecule has 0 fully saturated rings. The van der Waals surface area contributed by atoms with E-state index in [2.05, 4.69) is 55.3 Å². The van der Waals surface area contributed by atoms with E-state index >= 15 is 0 Å². The van der Waals surface area contributed by atoms with Crippen molar-refractivity contribution in [2.24, 2.45) is 0 Å². The van der Waals surface area contributed by atoms with Crippen LogP contribution in [0.25, 0.3) is 0 Å². The minimum absolute atomic E-state index is 0.0539. The molecule has 2 aromatic rings. The van der Waals surface area contributed by atoms with Crippen molar-refractivity contribution in [3.8, 4) is 5.75 Å². The average molecular weight is 408 g/mol. The van der Waals surface area contributed by atoms with E-state index in [-0.39, 0.29) is 11.3 Å². The van der Waals surface area contributed by atoms with E-state index in [0.29, 0.717) is 24.6 Å². The van der Waals surface area contributed by atoms with Gasteiger partial charge in [0.1, 0.15) is 5.75 Å². The summed E-state index contributed by atoms with van der Waals surface area (Å²) in [5.74, 6) is 1.80. The number of ether oxygens (including phenoxy) is 1. The molecule has 27 heavy (non-hydrogen) atoms. The van der Waals surface area contributed by atoms with Crippen LogP contribution in [0.3, 0.4) is 0 Å². The summed E-state index contributed by atoms with van der Waals surface area (Å²) in [6.45, 7) is 9.31. The molecule has 0 atom stereocenters. The Morgan fingerprint density at radius 1 is 1.22 bits per heavy atom. The number of hydrogen-bond acceptors (Lipinski definition) is 6. The summed E-state index contributed by atoms with van der Waals surface area (Å²) in [4.78, 5) is 12.0. The number of benzene rings is 1. The molecule has 1 heterocycles. The minimum atomic E-state index is -0.0539. The van der Waals surface area contributed by atoms with Gasteiger partial charge >= 0.3 is 0 Å². The summed E-state index contributed by atoms with van der Waals surface area (Å²) in [6.07, 6.45) is 3.24. The lowest BCUT2D eigenvalue weighted by atomic mass is 9.82. The van der Waals surface area contributed by atoms with E-state index in [0.717, 1.165) is 28.7 Å². The first-order valence-electron chi connectivity index (χ1n) is 9.44. The molecule has 0 saturated heterocycles. The molecular weight excluding hydrogens is 378 g/mol. The van der Waals surface area contributed by atoms with E-state index < -0.39 is 0 Å². The smallest absolute Gasteiger partial charge is 0.226 e. The van der Waals surface area contributed by atoms with Crippen molar-refractivity contribution >= 4 is 34.1 Å². The minimum Gasteiger partial charge on any atom is -0.494 e. The molecule has 1 N–H and O–H groups in total. The second kappa shape index (κ2) is 10.7. The number of carbonyl (C=O) groups excluding carboxylic acids is 1. The summed E-state index contributed by atoms with van der Waals surface area (Å²) >= 11 is 3.08. The van der Waals surface area contributed by atoms with Crippen LogP contribution in [-0.4, -0.2) is 28.5 Å². The first-order valence-corrected chi connectivity index (χ1v) is 11.2. The summed E-state index contributed by atoms with van der Waals surface area (Å²) in [7, 11) is 0. The van der Waals surface area contributed by atoms with Gasteiger partial charge in [-0.15, -0.1) is 10.2 Å². The van der Waals surface area contributed by atoms with Crippen LogP contribution < -0.4 is 10.1 Å². The van der Waals surface area contributed by atoms with Crippen LogP contribution in [-0.2, 0) is 10.2 Å². The van der Waals surface area contributed by atoms with Gasteiger partial charge in [0.15, 0.2) is 4.34 Å². The van der Waals surface area contributed by atoms with Crippen molar-refractivity contribution in [2.45, 2.75) is 63.1 Å². The van der Waals surface area contributed by atoms with Gasteiger partial charge in [0.2, 0.25) is 11.0 Å². The molecule has 2 rings (SSSR count). The third-order valence-electron chi connectivity index (χ3n) is 4.42. The van der Waals surface area contributed by atoms with Gasteiger partial charge in [0.05, 0.1) is 6.61 Å². The maximum absolute atomic E-state index is 12.0. The number of nitrogens with one attached hydrogen (secondary N) is 1. The van der Waals surface area contributed by atoms with Crippen molar-refractivity contribution in [1.82, 2.24) is 10.2 Å². The number of amides is 1. The Labute approximate surface area is 170 Å². The zero-order valence-electron chi connectivity index (χ0n) is 16.6. The normalized spacial score (nSPS) is 11.4. The average Bonchev–Trinajstić information content (AvgIpc) is 3.11. The highest BCUT2D eigenvalue weighted by molar-refractivity contribution is 8.01. The van der Waals surface area contributed by atoms with Crippen molar-refractivity contribution in [3.63, 3.8) is 0 Å². The molecule has 0 unspecified atom stereocenters. The molecule has 0 aliphatic rings. The SMILES string of the molecule is CCCSc1nnc(NC(=O)CCCOc2ccc(C(C)(C)CC)cc2)s1. The van der Waals surface area contributed by atoms with Crippen LogP contribution in [0.2, 0.25) is 0 Å². The molecule has 0 spiro atoms. The van der Waals surface area contributed by atoms with E-state index in [1.807, 2.05) is 12.1 Å². The summed E-state index contributed by atoms with van der Waals surface area (Å²) < 4.78 is 6.64. The van der Waals surface area contributed by atoms with Crippen LogP contribution in [0, 0.1) is 0 Å². The van der Waals surface area contributed by atoms with E-state index in [4.69, 9.17) is 4.74 Å². The monoisotopic (exact) mass is 407 g/mol. The second-order valence-corrected chi connectivity index (χ2v) is 9.30. The number of carbonyl (C=O) groups is 1. The third-order valence-corrected chi connectivity index (χ3v) is 6.60. The molecule has 1 aromatic carbocycles.